The van der Waals surface area contributed by atoms with Crippen LogP contribution in [0.4, 0.5) is 0 Å². The first-order valence-electron chi connectivity index (χ1n) is 8.40. The second-order valence-electron chi connectivity index (χ2n) is 6.59. The molecule has 0 radical (unpaired) electrons. The molecule has 0 unspecified atom stereocenters. The van der Waals surface area contributed by atoms with Crippen molar-refractivity contribution in [3.05, 3.63) is 66.4 Å². The van der Waals surface area contributed by atoms with E-state index in [9.17, 15) is 4.79 Å². The predicted octanol–water partition coefficient (Wildman–Crippen LogP) is 4.01. The monoisotopic (exact) mass is 333 g/mol. The number of nitrogens with zero attached hydrogens (tertiary/aromatic N) is 2. The number of benzene rings is 2. The lowest BCUT2D eigenvalue weighted by molar-refractivity contribution is -0.128. The lowest BCUT2D eigenvalue weighted by Gasteiger charge is -2.25. The third-order valence-corrected chi connectivity index (χ3v) is 4.54. The Morgan fingerprint density at radius 2 is 1.48 bits per heavy atom. The fourth-order valence-corrected chi connectivity index (χ4v) is 3.20. The summed E-state index contributed by atoms with van der Waals surface area (Å²) in [6, 6.07) is 20.3. The van der Waals surface area contributed by atoms with Crippen LogP contribution in [0.1, 0.15) is 19.5 Å². The van der Waals surface area contributed by atoms with Gasteiger partial charge >= 0.3 is 0 Å². The molecule has 3 aromatic rings. The molecule has 0 saturated carbocycles. The molecule has 0 saturated heterocycles. The van der Waals surface area contributed by atoms with E-state index in [4.69, 9.17) is 5.10 Å². The van der Waals surface area contributed by atoms with Crippen LogP contribution in [0.3, 0.4) is 0 Å². The number of likely N-dealkylation sites (N-methyl/N-ethyl adjacent to an activating group) is 1. The summed E-state index contributed by atoms with van der Waals surface area (Å²) in [5, 5.41) is 7.59. The average Bonchev–Trinajstić information content (AvgIpc) is 3.00. The van der Waals surface area contributed by atoms with Crippen molar-refractivity contribution in [2.45, 2.75) is 26.3 Å². The Morgan fingerprint density at radius 3 is 2.00 bits per heavy atom. The molecule has 1 amide bonds. The zero-order valence-corrected chi connectivity index (χ0v) is 15.1. The summed E-state index contributed by atoms with van der Waals surface area (Å²) < 4.78 is 1.83. The molecule has 4 heteroatoms. The molecule has 25 heavy (non-hydrogen) atoms. The van der Waals surface area contributed by atoms with Crippen LogP contribution in [-0.4, -0.2) is 22.7 Å². The molecule has 0 bridgehead atoms. The van der Waals surface area contributed by atoms with Crippen molar-refractivity contribution in [3.63, 3.8) is 0 Å². The molecule has 0 spiro atoms. The molecule has 3 rings (SSSR count). The highest BCUT2D eigenvalue weighted by atomic mass is 16.2. The second kappa shape index (κ2) is 6.55. The summed E-state index contributed by atoms with van der Waals surface area (Å²) >= 11 is 0. The lowest BCUT2D eigenvalue weighted by atomic mass is 9.98. The fourth-order valence-electron chi connectivity index (χ4n) is 3.20. The summed E-state index contributed by atoms with van der Waals surface area (Å²) in [5.41, 5.74) is 4.27. The Balaban J connectivity index is 2.28. The van der Waals surface area contributed by atoms with E-state index in [1.165, 1.54) is 0 Å². The van der Waals surface area contributed by atoms with Crippen LogP contribution in [0.25, 0.3) is 22.4 Å². The summed E-state index contributed by atoms with van der Waals surface area (Å²) in [7, 11) is 1.65. The number of amides is 1. The smallest absolute Gasteiger partial charge is 0.247 e. The summed E-state index contributed by atoms with van der Waals surface area (Å²) in [6.45, 7) is 5.79. The Morgan fingerprint density at radius 1 is 0.960 bits per heavy atom. The normalized spacial score (nSPS) is 11.4. The van der Waals surface area contributed by atoms with E-state index >= 15 is 0 Å². The molecule has 2 aromatic carbocycles. The molecule has 0 aliphatic carbocycles. The zero-order valence-electron chi connectivity index (χ0n) is 15.1. The van der Waals surface area contributed by atoms with Gasteiger partial charge < -0.3 is 5.32 Å². The van der Waals surface area contributed by atoms with Gasteiger partial charge in [0, 0.05) is 23.9 Å². The molecule has 0 atom stereocenters. The summed E-state index contributed by atoms with van der Waals surface area (Å²) in [6.07, 6.45) is 0. The van der Waals surface area contributed by atoms with Crippen molar-refractivity contribution in [1.29, 1.82) is 0 Å². The average molecular weight is 333 g/mol. The Hall–Kier alpha value is -2.88. The number of nitrogens with one attached hydrogen (secondary N) is 1. The van der Waals surface area contributed by atoms with Gasteiger partial charge in [0.2, 0.25) is 5.91 Å². The quantitative estimate of drug-likeness (QED) is 0.784. The van der Waals surface area contributed by atoms with Crippen LogP contribution < -0.4 is 5.32 Å². The molecular formula is C21H23N3O. The van der Waals surface area contributed by atoms with Gasteiger partial charge in [-0.2, -0.15) is 5.10 Å². The molecule has 1 heterocycles. The maximum atomic E-state index is 12.4. The van der Waals surface area contributed by atoms with Gasteiger partial charge in [-0.25, -0.2) is 0 Å². The van der Waals surface area contributed by atoms with Crippen LogP contribution in [0.5, 0.6) is 0 Å². The Kier molecular flexibility index (Phi) is 4.45. The van der Waals surface area contributed by atoms with Gasteiger partial charge in [-0.15, -0.1) is 0 Å². The van der Waals surface area contributed by atoms with Gasteiger partial charge in [-0.05, 0) is 26.3 Å². The topological polar surface area (TPSA) is 46.9 Å². The third-order valence-electron chi connectivity index (χ3n) is 4.54. The van der Waals surface area contributed by atoms with Gasteiger partial charge in [-0.3, -0.25) is 9.48 Å². The fraction of sp³-hybridized carbons (Fsp3) is 0.238. The molecule has 0 aliphatic rings. The zero-order chi connectivity index (χ0) is 18.0. The molecule has 0 fully saturated rings. The Labute approximate surface area is 148 Å². The van der Waals surface area contributed by atoms with E-state index in [2.05, 4.69) is 17.4 Å². The van der Waals surface area contributed by atoms with Gasteiger partial charge in [-0.1, -0.05) is 60.7 Å². The van der Waals surface area contributed by atoms with E-state index in [1.54, 1.807) is 7.05 Å². The SMILES string of the molecule is CNC(=O)C(C)(C)n1nc(-c2ccccc2)c(-c2ccccc2)c1C. The van der Waals surface area contributed by atoms with E-state index in [0.29, 0.717) is 0 Å². The van der Waals surface area contributed by atoms with E-state index in [-0.39, 0.29) is 5.91 Å². The van der Waals surface area contributed by atoms with Crippen molar-refractivity contribution in [2.24, 2.45) is 0 Å². The molecule has 0 aliphatic heterocycles. The third kappa shape index (κ3) is 2.95. The highest BCUT2D eigenvalue weighted by molar-refractivity contribution is 5.86. The number of carbonyl (C=O) groups is 1. The van der Waals surface area contributed by atoms with Crippen molar-refractivity contribution in [2.75, 3.05) is 7.05 Å². The van der Waals surface area contributed by atoms with Crippen LogP contribution in [-0.2, 0) is 10.3 Å². The number of hydrogen-bond donors (Lipinski definition) is 1. The Bertz CT molecular complexity index is 880. The minimum atomic E-state index is -0.782. The van der Waals surface area contributed by atoms with Gasteiger partial charge in [0.05, 0.1) is 0 Å². The van der Waals surface area contributed by atoms with E-state index in [1.807, 2.05) is 74.0 Å². The van der Waals surface area contributed by atoms with Crippen LogP contribution in [0.2, 0.25) is 0 Å². The van der Waals surface area contributed by atoms with Crippen LogP contribution in [0, 0.1) is 6.92 Å². The van der Waals surface area contributed by atoms with Crippen LogP contribution >= 0.6 is 0 Å². The highest BCUT2D eigenvalue weighted by Gasteiger charge is 2.33. The van der Waals surface area contributed by atoms with Crippen molar-refractivity contribution in [1.82, 2.24) is 15.1 Å². The first kappa shape index (κ1) is 17.0. The van der Waals surface area contributed by atoms with Gasteiger partial charge in [0.15, 0.2) is 0 Å². The first-order valence-corrected chi connectivity index (χ1v) is 8.40. The number of aromatic nitrogens is 2. The minimum absolute atomic E-state index is 0.0719. The maximum Gasteiger partial charge on any atom is 0.247 e. The van der Waals surface area contributed by atoms with Crippen molar-refractivity contribution < 1.29 is 4.79 Å². The lowest BCUT2D eigenvalue weighted by Crippen LogP contribution is -2.44. The number of hydrogen-bond acceptors (Lipinski definition) is 2. The van der Waals surface area contributed by atoms with Crippen molar-refractivity contribution >= 4 is 5.91 Å². The van der Waals surface area contributed by atoms with E-state index in [0.717, 1.165) is 28.1 Å². The highest BCUT2D eigenvalue weighted by Crippen LogP contribution is 2.36. The standard InChI is InChI=1S/C21H23N3O/c1-15-18(16-11-7-5-8-12-16)19(17-13-9-6-10-14-17)23-24(15)21(2,3)20(25)22-4/h5-14H,1-4H3,(H,22,25). The molecule has 128 valence electrons. The van der Waals surface area contributed by atoms with Gasteiger partial charge in [0.1, 0.15) is 11.2 Å². The minimum Gasteiger partial charge on any atom is -0.357 e. The van der Waals surface area contributed by atoms with E-state index < -0.39 is 5.54 Å². The second-order valence-corrected chi connectivity index (χ2v) is 6.59. The largest absolute Gasteiger partial charge is 0.357 e. The number of rotatable bonds is 4. The molecule has 1 N–H and O–H groups in total. The number of carbonyl (C=O) groups excluding carboxylic acids is 1. The summed E-state index contributed by atoms with van der Waals surface area (Å²) in [4.78, 5) is 12.4. The van der Waals surface area contributed by atoms with Crippen LogP contribution in [0.15, 0.2) is 60.7 Å². The molecule has 4 nitrogen and oxygen atoms in total. The van der Waals surface area contributed by atoms with Crippen molar-refractivity contribution in [3.8, 4) is 22.4 Å². The molecular weight excluding hydrogens is 310 g/mol. The first-order chi connectivity index (χ1) is 12.0. The summed E-state index contributed by atoms with van der Waals surface area (Å²) in [5.74, 6) is -0.0719. The van der Waals surface area contributed by atoms with Gasteiger partial charge in [0.25, 0.3) is 0 Å². The maximum absolute atomic E-state index is 12.4. The predicted molar refractivity (Wildman–Crippen MR) is 101 cm³/mol. The molecule has 1 aromatic heterocycles.